The normalized spacial score (nSPS) is 17.5. The van der Waals surface area contributed by atoms with E-state index in [1.807, 2.05) is 18.2 Å². The summed E-state index contributed by atoms with van der Waals surface area (Å²) in [5.74, 6) is 5.94. The molecule has 0 heterocycles. The molecule has 0 fully saturated rings. The zero-order valence-corrected chi connectivity index (χ0v) is 13.6. The highest BCUT2D eigenvalue weighted by Gasteiger charge is 2.24. The van der Waals surface area contributed by atoms with Gasteiger partial charge in [-0.05, 0) is 38.0 Å². The van der Waals surface area contributed by atoms with Crippen LogP contribution in [0.4, 0.5) is 0 Å². The third kappa shape index (κ3) is 3.89. The first kappa shape index (κ1) is 16.1. The molecule has 0 saturated carbocycles. The van der Waals surface area contributed by atoms with Crippen molar-refractivity contribution in [2.24, 2.45) is 5.41 Å². The summed E-state index contributed by atoms with van der Waals surface area (Å²) in [5.41, 5.74) is 2.89. The average molecular weight is 294 g/mol. The Kier molecular flexibility index (Phi) is 4.88. The Balaban J connectivity index is 2.09. The van der Waals surface area contributed by atoms with Gasteiger partial charge in [0.05, 0.1) is 5.56 Å². The first-order valence-corrected chi connectivity index (χ1v) is 7.55. The summed E-state index contributed by atoms with van der Waals surface area (Å²) in [4.78, 5) is 12.0. The van der Waals surface area contributed by atoms with Gasteiger partial charge in [-0.3, -0.25) is 0 Å². The van der Waals surface area contributed by atoms with E-state index >= 15 is 0 Å². The van der Waals surface area contributed by atoms with Crippen molar-refractivity contribution in [2.75, 3.05) is 0 Å². The van der Waals surface area contributed by atoms with Crippen molar-refractivity contribution in [3.05, 3.63) is 59.2 Å². The van der Waals surface area contributed by atoms with Gasteiger partial charge in [-0.25, -0.2) is 4.79 Å². The molecule has 2 nitrogen and oxygen atoms in total. The molecule has 0 aromatic heterocycles. The number of ether oxygens (including phenoxy) is 1. The molecular formula is C20H22O2. The van der Waals surface area contributed by atoms with Crippen molar-refractivity contribution < 1.29 is 9.53 Å². The third-order valence-corrected chi connectivity index (χ3v) is 3.76. The predicted molar refractivity (Wildman–Crippen MR) is 89.3 cm³/mol. The van der Waals surface area contributed by atoms with Crippen molar-refractivity contribution in [3.8, 4) is 11.8 Å². The van der Waals surface area contributed by atoms with Gasteiger partial charge in [0.15, 0.2) is 6.10 Å². The largest absolute Gasteiger partial charge is 0.446 e. The van der Waals surface area contributed by atoms with E-state index in [4.69, 9.17) is 4.74 Å². The highest BCUT2D eigenvalue weighted by atomic mass is 16.5. The summed E-state index contributed by atoms with van der Waals surface area (Å²) in [5, 5.41) is 0. The van der Waals surface area contributed by atoms with Gasteiger partial charge in [0.25, 0.3) is 0 Å². The molecule has 1 atom stereocenters. The molecule has 0 N–H and O–H groups in total. The van der Waals surface area contributed by atoms with Gasteiger partial charge in [-0.15, -0.1) is 0 Å². The van der Waals surface area contributed by atoms with Crippen LogP contribution in [0, 0.1) is 17.3 Å². The molecule has 2 heteroatoms. The predicted octanol–water partition coefficient (Wildman–Crippen LogP) is 4.54. The molecule has 0 aliphatic heterocycles. The molecule has 1 unspecified atom stereocenters. The average Bonchev–Trinajstić information content (AvgIpc) is 2.47. The van der Waals surface area contributed by atoms with Crippen molar-refractivity contribution in [3.63, 3.8) is 0 Å². The molecule has 1 aliphatic rings. The quantitative estimate of drug-likeness (QED) is 0.591. The van der Waals surface area contributed by atoms with Crippen molar-refractivity contribution >= 4 is 5.97 Å². The van der Waals surface area contributed by atoms with Crippen LogP contribution in [0.1, 0.15) is 44.5 Å². The maximum absolute atomic E-state index is 12.0. The molecule has 1 aromatic rings. The second-order valence-electron chi connectivity index (χ2n) is 6.23. The van der Waals surface area contributed by atoms with Crippen LogP contribution in [0.3, 0.4) is 0 Å². The van der Waals surface area contributed by atoms with Crippen LogP contribution < -0.4 is 0 Å². The Morgan fingerprint density at radius 1 is 1.27 bits per heavy atom. The number of hydrogen-bond acceptors (Lipinski definition) is 2. The molecule has 1 aliphatic carbocycles. The summed E-state index contributed by atoms with van der Waals surface area (Å²) in [6, 6.07) is 8.98. The molecule has 0 amide bonds. The van der Waals surface area contributed by atoms with E-state index in [9.17, 15) is 4.79 Å². The molecule has 0 radical (unpaired) electrons. The third-order valence-electron chi connectivity index (χ3n) is 3.76. The standard InChI is InChI=1S/C20H22O2/c1-15-9-8-14-20(3,4)18(15)13-12-16(2)22-19(21)17-10-6-5-7-11-17/h5-11,16H,14H2,1-4H3. The fraction of sp³-hybridized carbons (Fsp3) is 0.350. The smallest absolute Gasteiger partial charge is 0.339 e. The minimum Gasteiger partial charge on any atom is -0.446 e. The Labute approximate surface area is 132 Å². The van der Waals surface area contributed by atoms with E-state index < -0.39 is 6.10 Å². The van der Waals surface area contributed by atoms with Crippen LogP contribution in [0.15, 0.2) is 53.6 Å². The van der Waals surface area contributed by atoms with Crippen LogP contribution in [0.5, 0.6) is 0 Å². The highest BCUT2D eigenvalue weighted by Crippen LogP contribution is 2.36. The van der Waals surface area contributed by atoms with E-state index in [1.54, 1.807) is 19.1 Å². The Hall–Kier alpha value is -2.27. The van der Waals surface area contributed by atoms with Gasteiger partial charge in [0.1, 0.15) is 0 Å². The monoisotopic (exact) mass is 294 g/mol. The van der Waals surface area contributed by atoms with Gasteiger partial charge in [-0.1, -0.05) is 56.0 Å². The topological polar surface area (TPSA) is 26.3 Å². The lowest BCUT2D eigenvalue weighted by atomic mass is 9.76. The molecular weight excluding hydrogens is 272 g/mol. The van der Waals surface area contributed by atoms with Crippen LogP contribution in [0.25, 0.3) is 0 Å². The van der Waals surface area contributed by atoms with Crippen molar-refractivity contribution in [1.29, 1.82) is 0 Å². The zero-order chi connectivity index (χ0) is 16.2. The SMILES string of the molecule is CC1=C(C#CC(C)OC(=O)c2ccccc2)C(C)(C)CC=C1. The fourth-order valence-corrected chi connectivity index (χ4v) is 2.52. The van der Waals surface area contributed by atoms with Gasteiger partial charge in [0, 0.05) is 11.0 Å². The Morgan fingerprint density at radius 3 is 2.59 bits per heavy atom. The van der Waals surface area contributed by atoms with E-state index in [0.29, 0.717) is 5.56 Å². The summed E-state index contributed by atoms with van der Waals surface area (Å²) >= 11 is 0. The second-order valence-corrected chi connectivity index (χ2v) is 6.23. The summed E-state index contributed by atoms with van der Waals surface area (Å²) in [7, 11) is 0. The van der Waals surface area contributed by atoms with Gasteiger partial charge in [-0.2, -0.15) is 0 Å². The van der Waals surface area contributed by atoms with Gasteiger partial charge >= 0.3 is 5.97 Å². The van der Waals surface area contributed by atoms with E-state index in [2.05, 4.69) is 44.8 Å². The maximum Gasteiger partial charge on any atom is 0.339 e. The number of carbonyl (C=O) groups is 1. The first-order chi connectivity index (χ1) is 10.4. The first-order valence-electron chi connectivity index (χ1n) is 7.55. The summed E-state index contributed by atoms with van der Waals surface area (Å²) in [6.07, 6.45) is 4.83. The van der Waals surface area contributed by atoms with Crippen LogP contribution in [-0.2, 0) is 4.74 Å². The molecule has 22 heavy (non-hydrogen) atoms. The molecule has 1 aromatic carbocycles. The number of esters is 1. The number of benzene rings is 1. The lowest BCUT2D eigenvalue weighted by Crippen LogP contribution is -2.18. The van der Waals surface area contributed by atoms with Crippen molar-refractivity contribution in [1.82, 2.24) is 0 Å². The molecule has 0 saturated heterocycles. The maximum atomic E-state index is 12.0. The summed E-state index contributed by atoms with van der Waals surface area (Å²) < 4.78 is 5.38. The van der Waals surface area contributed by atoms with E-state index in [1.165, 1.54) is 5.57 Å². The molecule has 2 rings (SSSR count). The molecule has 0 spiro atoms. The van der Waals surface area contributed by atoms with Gasteiger partial charge in [0.2, 0.25) is 0 Å². The minimum atomic E-state index is -0.435. The lowest BCUT2D eigenvalue weighted by molar-refractivity contribution is 0.0438. The molecule has 114 valence electrons. The van der Waals surface area contributed by atoms with E-state index in [0.717, 1.165) is 12.0 Å². The second kappa shape index (κ2) is 6.66. The van der Waals surface area contributed by atoms with Crippen LogP contribution in [0.2, 0.25) is 0 Å². The Bertz CT molecular complexity index is 667. The highest BCUT2D eigenvalue weighted by molar-refractivity contribution is 5.89. The van der Waals surface area contributed by atoms with E-state index in [-0.39, 0.29) is 11.4 Å². The minimum absolute atomic E-state index is 0.0367. The lowest BCUT2D eigenvalue weighted by Gasteiger charge is -2.28. The number of hydrogen-bond donors (Lipinski definition) is 0. The number of rotatable bonds is 2. The fourth-order valence-electron chi connectivity index (χ4n) is 2.52. The van der Waals surface area contributed by atoms with Crippen LogP contribution >= 0.6 is 0 Å². The van der Waals surface area contributed by atoms with Crippen LogP contribution in [-0.4, -0.2) is 12.1 Å². The van der Waals surface area contributed by atoms with Crippen molar-refractivity contribution in [2.45, 2.75) is 40.2 Å². The number of carbonyl (C=O) groups excluding carboxylic acids is 1. The number of allylic oxidation sites excluding steroid dienone is 4. The molecule has 0 bridgehead atoms. The Morgan fingerprint density at radius 2 is 1.95 bits per heavy atom. The van der Waals surface area contributed by atoms with Gasteiger partial charge < -0.3 is 4.74 Å². The zero-order valence-electron chi connectivity index (χ0n) is 13.6. The summed E-state index contributed by atoms with van der Waals surface area (Å²) in [6.45, 7) is 8.24.